The van der Waals surface area contributed by atoms with E-state index < -0.39 is 0 Å². The molecule has 7 heteroatoms. The molecule has 0 aliphatic rings. The number of aliphatic hydroxyl groups is 1. The number of imidazole rings is 1. The Balaban J connectivity index is 1.27. The maximum Gasteiger partial charge on any atom is 0.255 e. The highest BCUT2D eigenvalue weighted by molar-refractivity contribution is 6.04. The summed E-state index contributed by atoms with van der Waals surface area (Å²) in [7, 11) is 1.90. The smallest absolute Gasteiger partial charge is 0.255 e. The predicted octanol–water partition coefficient (Wildman–Crippen LogP) is 5.34. The quantitative estimate of drug-likeness (QED) is 0.236. The van der Waals surface area contributed by atoms with E-state index in [9.17, 15) is 9.59 Å². The largest absolute Gasteiger partial charge is 0.395 e. The fourth-order valence-corrected chi connectivity index (χ4v) is 4.28. The number of Topliss-reactive ketones (excluding diaryl/α,β-unsaturated/α-hetero) is 1. The van der Waals surface area contributed by atoms with Crippen LogP contribution in [0.1, 0.15) is 26.3 Å². The average molecular weight is 505 g/mol. The van der Waals surface area contributed by atoms with E-state index in [0.29, 0.717) is 23.5 Å². The van der Waals surface area contributed by atoms with Crippen LogP contribution < -0.4 is 10.2 Å². The minimum atomic E-state index is -0.173. The third-order valence-corrected chi connectivity index (χ3v) is 6.43. The first-order chi connectivity index (χ1) is 18.5. The second-order valence-electron chi connectivity index (χ2n) is 9.13. The molecule has 1 aromatic heterocycles. The van der Waals surface area contributed by atoms with E-state index in [1.165, 1.54) is 0 Å². The molecule has 0 fully saturated rings. The molecule has 4 aromatic carbocycles. The van der Waals surface area contributed by atoms with E-state index in [-0.39, 0.29) is 24.7 Å². The fourth-order valence-electron chi connectivity index (χ4n) is 4.28. The number of para-hydroxylation sites is 1. The number of hydrogen-bond donors (Lipinski definition) is 3. The van der Waals surface area contributed by atoms with Gasteiger partial charge in [0.05, 0.1) is 17.6 Å². The summed E-state index contributed by atoms with van der Waals surface area (Å²) in [5, 5.41) is 12.0. The number of ketones is 1. The average Bonchev–Trinajstić information content (AvgIpc) is 3.37. The Morgan fingerprint density at radius 3 is 2.32 bits per heavy atom. The Kier molecular flexibility index (Phi) is 7.28. The maximum atomic E-state index is 12.9. The molecule has 3 N–H and O–H groups in total. The number of aromatic amines is 1. The second-order valence-corrected chi connectivity index (χ2v) is 9.13. The normalized spacial score (nSPS) is 10.9. The van der Waals surface area contributed by atoms with Gasteiger partial charge in [-0.05, 0) is 66.2 Å². The minimum absolute atomic E-state index is 0.0322. The van der Waals surface area contributed by atoms with Crippen molar-refractivity contribution in [3.63, 3.8) is 0 Å². The molecule has 190 valence electrons. The molecule has 0 aliphatic carbocycles. The third-order valence-electron chi connectivity index (χ3n) is 6.43. The monoisotopic (exact) mass is 504 g/mol. The number of aromatic nitrogens is 2. The molecular weight excluding hydrogens is 476 g/mol. The fraction of sp³-hybridized carbons (Fsp3) is 0.129. The van der Waals surface area contributed by atoms with Crippen LogP contribution in [0.25, 0.3) is 22.4 Å². The summed E-state index contributed by atoms with van der Waals surface area (Å²) in [6, 6.07) is 29.8. The molecule has 0 saturated carbocycles. The number of nitrogens with one attached hydrogen (secondary N) is 2. The van der Waals surface area contributed by atoms with E-state index in [1.54, 1.807) is 12.1 Å². The molecule has 0 unspecified atom stereocenters. The molecule has 0 bridgehead atoms. The van der Waals surface area contributed by atoms with Gasteiger partial charge >= 0.3 is 0 Å². The molecule has 7 nitrogen and oxygen atoms in total. The van der Waals surface area contributed by atoms with Crippen molar-refractivity contribution in [1.29, 1.82) is 0 Å². The number of benzene rings is 4. The zero-order valence-electron chi connectivity index (χ0n) is 21.0. The maximum absolute atomic E-state index is 12.9. The molecule has 1 amide bonds. The number of anilines is 2. The predicted molar refractivity (Wildman–Crippen MR) is 151 cm³/mol. The lowest BCUT2D eigenvalue weighted by Crippen LogP contribution is -2.21. The van der Waals surface area contributed by atoms with Crippen LogP contribution in [0, 0.1) is 0 Å². The van der Waals surface area contributed by atoms with E-state index in [4.69, 9.17) is 5.11 Å². The molecule has 0 radical (unpaired) electrons. The summed E-state index contributed by atoms with van der Waals surface area (Å²) >= 11 is 0. The summed E-state index contributed by atoms with van der Waals surface area (Å²) in [6.45, 7) is 0.611. The Morgan fingerprint density at radius 2 is 1.61 bits per heavy atom. The van der Waals surface area contributed by atoms with Crippen molar-refractivity contribution in [3.8, 4) is 11.4 Å². The number of H-pyrrole nitrogens is 1. The van der Waals surface area contributed by atoms with Crippen LogP contribution in [0.5, 0.6) is 0 Å². The highest BCUT2D eigenvalue weighted by Crippen LogP contribution is 2.23. The number of carbonyl (C=O) groups is 2. The van der Waals surface area contributed by atoms with Crippen molar-refractivity contribution < 1.29 is 14.7 Å². The van der Waals surface area contributed by atoms with Gasteiger partial charge in [0.2, 0.25) is 0 Å². The number of hydrogen-bond acceptors (Lipinski definition) is 5. The van der Waals surface area contributed by atoms with Crippen LogP contribution in [0.4, 0.5) is 11.4 Å². The van der Waals surface area contributed by atoms with Crippen LogP contribution in [0.3, 0.4) is 0 Å². The number of rotatable bonds is 9. The lowest BCUT2D eigenvalue weighted by molar-refractivity contribution is 0.0991. The number of amides is 1. The molecule has 1 heterocycles. The first-order valence-corrected chi connectivity index (χ1v) is 12.4. The van der Waals surface area contributed by atoms with Crippen molar-refractivity contribution in [1.82, 2.24) is 9.97 Å². The van der Waals surface area contributed by atoms with Crippen LogP contribution in [-0.2, 0) is 6.42 Å². The number of likely N-dealkylation sites (N-methyl/N-ethyl adjacent to an activating group) is 1. The molecule has 0 saturated heterocycles. The molecule has 0 atom stereocenters. The van der Waals surface area contributed by atoms with Gasteiger partial charge in [-0.2, -0.15) is 0 Å². The van der Waals surface area contributed by atoms with Crippen LogP contribution in [0.2, 0.25) is 0 Å². The van der Waals surface area contributed by atoms with Gasteiger partial charge in [-0.25, -0.2) is 4.98 Å². The first kappa shape index (κ1) is 24.9. The second kappa shape index (κ2) is 11.1. The van der Waals surface area contributed by atoms with Gasteiger partial charge in [0.25, 0.3) is 5.91 Å². The highest BCUT2D eigenvalue weighted by atomic mass is 16.3. The van der Waals surface area contributed by atoms with Gasteiger partial charge < -0.3 is 20.3 Å². The van der Waals surface area contributed by atoms with E-state index in [2.05, 4.69) is 15.3 Å². The summed E-state index contributed by atoms with van der Waals surface area (Å²) < 4.78 is 0. The number of fused-ring (bicyclic) bond motifs is 1. The molecule has 5 rings (SSSR count). The highest BCUT2D eigenvalue weighted by Gasteiger charge is 2.12. The summed E-state index contributed by atoms with van der Waals surface area (Å²) in [4.78, 5) is 35.4. The number of aliphatic hydroxyl groups excluding tert-OH is 1. The lowest BCUT2D eigenvalue weighted by Gasteiger charge is -2.17. The van der Waals surface area contributed by atoms with E-state index in [0.717, 1.165) is 33.5 Å². The van der Waals surface area contributed by atoms with Gasteiger partial charge in [0, 0.05) is 48.1 Å². The Morgan fingerprint density at radius 1 is 0.895 bits per heavy atom. The van der Waals surface area contributed by atoms with E-state index in [1.807, 2.05) is 96.9 Å². The summed E-state index contributed by atoms with van der Waals surface area (Å²) in [6.07, 6.45) is 0.279. The van der Waals surface area contributed by atoms with Gasteiger partial charge in [-0.3, -0.25) is 9.59 Å². The zero-order chi connectivity index (χ0) is 26.5. The van der Waals surface area contributed by atoms with Crippen molar-refractivity contribution in [2.45, 2.75) is 6.42 Å². The van der Waals surface area contributed by atoms with Gasteiger partial charge in [0.1, 0.15) is 5.82 Å². The zero-order valence-corrected chi connectivity index (χ0v) is 21.0. The molecular formula is C31H28N4O3. The summed E-state index contributed by atoms with van der Waals surface area (Å²) in [5.41, 5.74) is 6.31. The van der Waals surface area contributed by atoms with Crippen molar-refractivity contribution in [2.24, 2.45) is 0 Å². The number of carbonyl (C=O) groups excluding carboxylic acids is 2. The summed E-state index contributed by atoms with van der Waals surface area (Å²) in [5.74, 6) is 0.555. The Bertz CT molecular complexity index is 1560. The Labute approximate surface area is 220 Å². The van der Waals surface area contributed by atoms with Crippen LogP contribution in [0.15, 0.2) is 97.1 Å². The van der Waals surface area contributed by atoms with Crippen LogP contribution in [-0.4, -0.2) is 47.0 Å². The first-order valence-electron chi connectivity index (χ1n) is 12.4. The van der Waals surface area contributed by atoms with Crippen molar-refractivity contribution >= 4 is 34.1 Å². The minimum Gasteiger partial charge on any atom is -0.395 e. The van der Waals surface area contributed by atoms with E-state index >= 15 is 0 Å². The van der Waals surface area contributed by atoms with Gasteiger partial charge in [0.15, 0.2) is 5.78 Å². The lowest BCUT2D eigenvalue weighted by atomic mass is 10.0. The molecule has 38 heavy (non-hydrogen) atoms. The standard InChI is InChI=1S/C31H28N4O3/c1-35(17-18-36)26-14-12-22(13-15-26)29(37)20-21-7-16-27-28(19-21)34-30(33-27)23-8-10-24(11-9-23)31(38)32-25-5-3-2-4-6-25/h2-16,19,36H,17-18,20H2,1H3,(H,32,38)(H,33,34). The van der Waals surface area contributed by atoms with Crippen LogP contribution >= 0.6 is 0 Å². The molecule has 5 aromatic rings. The molecule has 0 aliphatic heterocycles. The topological polar surface area (TPSA) is 98.3 Å². The van der Waals surface area contributed by atoms with Crippen molar-refractivity contribution in [3.05, 3.63) is 114 Å². The Hall–Kier alpha value is -4.75. The van der Waals surface area contributed by atoms with Gasteiger partial charge in [-0.15, -0.1) is 0 Å². The SMILES string of the molecule is CN(CCO)c1ccc(C(=O)Cc2ccc3nc(-c4ccc(C(=O)Nc5ccccc5)cc4)[nH]c3c2)cc1. The van der Waals surface area contributed by atoms with Crippen molar-refractivity contribution in [2.75, 3.05) is 30.4 Å². The van der Waals surface area contributed by atoms with Gasteiger partial charge in [-0.1, -0.05) is 36.4 Å². The molecule has 0 spiro atoms. The number of nitrogens with zero attached hydrogens (tertiary/aromatic N) is 2. The third kappa shape index (κ3) is 5.63.